The van der Waals surface area contributed by atoms with Crippen molar-refractivity contribution in [2.75, 3.05) is 38.7 Å². The average molecular weight is 632 g/mol. The Balaban J connectivity index is 2.06. The summed E-state index contributed by atoms with van der Waals surface area (Å²) < 4.78 is 45.1. The molecule has 0 radical (unpaired) electrons. The summed E-state index contributed by atoms with van der Waals surface area (Å²) in [6, 6.07) is 16.5. The number of hydrogen-bond donors (Lipinski definition) is 1. The number of anilines is 1. The third kappa shape index (κ3) is 8.55. The Kier molecular flexibility index (Phi) is 11.7. The van der Waals surface area contributed by atoms with Crippen molar-refractivity contribution in [2.24, 2.45) is 5.92 Å². The maximum Gasteiger partial charge on any atom is 0.264 e. The lowest BCUT2D eigenvalue weighted by molar-refractivity contribution is -0.139. The number of benzene rings is 3. The molecule has 12 heteroatoms. The summed E-state index contributed by atoms with van der Waals surface area (Å²) in [6.45, 7) is 5.42. The maximum absolute atomic E-state index is 14.1. The fraction of sp³-hybridized carbons (Fsp3) is 0.355. The van der Waals surface area contributed by atoms with Crippen LogP contribution >= 0.6 is 11.6 Å². The minimum Gasteiger partial charge on any atom is -0.497 e. The molecule has 0 aliphatic heterocycles. The Morgan fingerprint density at radius 2 is 1.56 bits per heavy atom. The first-order chi connectivity index (χ1) is 20.4. The van der Waals surface area contributed by atoms with Crippen LogP contribution in [0, 0.1) is 5.92 Å². The van der Waals surface area contributed by atoms with Gasteiger partial charge in [0.1, 0.15) is 18.3 Å². The van der Waals surface area contributed by atoms with E-state index >= 15 is 0 Å². The number of methoxy groups -OCH3 is 3. The summed E-state index contributed by atoms with van der Waals surface area (Å²) in [5.41, 5.74) is 0.919. The minimum atomic E-state index is -4.32. The van der Waals surface area contributed by atoms with Crippen LogP contribution < -0.4 is 23.8 Å². The van der Waals surface area contributed by atoms with Gasteiger partial charge in [-0.3, -0.25) is 13.9 Å². The normalized spacial score (nSPS) is 11.9. The van der Waals surface area contributed by atoms with Crippen molar-refractivity contribution in [1.29, 1.82) is 0 Å². The van der Waals surface area contributed by atoms with Crippen LogP contribution in [0.3, 0.4) is 0 Å². The van der Waals surface area contributed by atoms with Gasteiger partial charge >= 0.3 is 0 Å². The Labute approximate surface area is 258 Å². The molecule has 0 aliphatic carbocycles. The van der Waals surface area contributed by atoms with Crippen molar-refractivity contribution in [2.45, 2.75) is 38.3 Å². The SMILES string of the molecule is COc1cccc(CN(C(=O)CN(c2ccc(Cl)cc2)S(=O)(=O)c2ccc(OC)c(OC)c2)C(C)C(=O)NCC(C)C)c1. The van der Waals surface area contributed by atoms with Crippen molar-refractivity contribution in [3.63, 3.8) is 0 Å². The van der Waals surface area contributed by atoms with Gasteiger partial charge in [-0.2, -0.15) is 0 Å². The maximum atomic E-state index is 14.1. The Morgan fingerprint density at radius 1 is 0.884 bits per heavy atom. The largest absolute Gasteiger partial charge is 0.497 e. The first kappa shape index (κ1) is 33.5. The number of hydrogen-bond acceptors (Lipinski definition) is 7. The number of carbonyl (C=O) groups is 2. The van der Waals surface area contributed by atoms with Gasteiger partial charge in [0.05, 0.1) is 31.9 Å². The van der Waals surface area contributed by atoms with E-state index in [1.807, 2.05) is 13.8 Å². The molecular weight excluding hydrogens is 594 g/mol. The van der Waals surface area contributed by atoms with E-state index in [1.165, 1.54) is 68.7 Å². The predicted octanol–water partition coefficient (Wildman–Crippen LogP) is 4.75. The highest BCUT2D eigenvalue weighted by atomic mass is 35.5. The van der Waals surface area contributed by atoms with E-state index in [0.717, 1.165) is 4.31 Å². The number of rotatable bonds is 14. The van der Waals surface area contributed by atoms with E-state index in [1.54, 1.807) is 31.2 Å². The Hall–Kier alpha value is -3.96. The van der Waals surface area contributed by atoms with Crippen LogP contribution in [0.25, 0.3) is 0 Å². The molecule has 3 aromatic rings. The third-order valence-electron chi connectivity index (χ3n) is 6.68. The number of sulfonamides is 1. The van der Waals surface area contributed by atoms with E-state index in [0.29, 0.717) is 28.6 Å². The molecule has 10 nitrogen and oxygen atoms in total. The number of ether oxygens (including phenoxy) is 3. The highest BCUT2D eigenvalue weighted by molar-refractivity contribution is 7.92. The van der Waals surface area contributed by atoms with E-state index in [-0.39, 0.29) is 34.7 Å². The van der Waals surface area contributed by atoms with Gasteiger partial charge in [-0.1, -0.05) is 37.6 Å². The number of halogens is 1. The molecule has 0 spiro atoms. The lowest BCUT2D eigenvalue weighted by atomic mass is 10.1. The van der Waals surface area contributed by atoms with Crippen LogP contribution in [0.1, 0.15) is 26.3 Å². The Bertz CT molecular complexity index is 1510. The topological polar surface area (TPSA) is 114 Å². The summed E-state index contributed by atoms with van der Waals surface area (Å²) in [6.07, 6.45) is 0. The van der Waals surface area contributed by atoms with Crippen molar-refractivity contribution < 1.29 is 32.2 Å². The smallest absolute Gasteiger partial charge is 0.264 e. The van der Waals surface area contributed by atoms with Crippen molar-refractivity contribution in [3.05, 3.63) is 77.3 Å². The molecule has 1 unspecified atom stereocenters. The molecule has 0 fully saturated rings. The molecule has 1 atom stereocenters. The van der Waals surface area contributed by atoms with Gasteiger partial charge in [-0.15, -0.1) is 0 Å². The number of carbonyl (C=O) groups excluding carboxylic acids is 2. The van der Waals surface area contributed by atoms with Crippen LogP contribution in [0.2, 0.25) is 5.02 Å². The van der Waals surface area contributed by atoms with Gasteiger partial charge in [0.15, 0.2) is 11.5 Å². The summed E-state index contributed by atoms with van der Waals surface area (Å²) >= 11 is 6.09. The molecule has 0 heterocycles. The van der Waals surface area contributed by atoms with E-state index in [2.05, 4.69) is 5.32 Å². The van der Waals surface area contributed by atoms with Crippen molar-refractivity contribution in [3.8, 4) is 17.2 Å². The number of nitrogens with zero attached hydrogens (tertiary/aromatic N) is 2. The fourth-order valence-corrected chi connectivity index (χ4v) is 5.80. The molecule has 0 bridgehead atoms. The number of nitrogens with one attached hydrogen (secondary N) is 1. The second-order valence-electron chi connectivity index (χ2n) is 10.2. The lowest BCUT2D eigenvalue weighted by Crippen LogP contribution is -2.51. The van der Waals surface area contributed by atoms with E-state index in [4.69, 9.17) is 25.8 Å². The molecule has 232 valence electrons. The van der Waals surface area contributed by atoms with Gasteiger partial charge < -0.3 is 24.4 Å². The fourth-order valence-electron chi connectivity index (χ4n) is 4.24. The molecule has 0 aromatic heterocycles. The molecule has 1 N–H and O–H groups in total. The monoisotopic (exact) mass is 631 g/mol. The Morgan fingerprint density at radius 3 is 2.16 bits per heavy atom. The summed E-state index contributed by atoms with van der Waals surface area (Å²) in [7, 11) is 0.0616. The van der Waals surface area contributed by atoms with Crippen LogP contribution in [-0.2, 0) is 26.2 Å². The molecule has 0 aliphatic rings. The molecular formula is C31H38ClN3O7S. The van der Waals surface area contributed by atoms with Crippen molar-refractivity contribution in [1.82, 2.24) is 10.2 Å². The predicted molar refractivity (Wildman–Crippen MR) is 166 cm³/mol. The number of amides is 2. The van der Waals surface area contributed by atoms with Gasteiger partial charge in [0, 0.05) is 24.2 Å². The van der Waals surface area contributed by atoms with Gasteiger partial charge in [-0.05, 0) is 66.9 Å². The van der Waals surface area contributed by atoms with Gasteiger partial charge in [-0.25, -0.2) is 8.42 Å². The quantitative estimate of drug-likeness (QED) is 0.273. The molecule has 3 rings (SSSR count). The zero-order chi connectivity index (χ0) is 31.7. The van der Waals surface area contributed by atoms with Crippen LogP contribution in [0.4, 0.5) is 5.69 Å². The summed E-state index contributed by atoms with van der Waals surface area (Å²) in [5, 5.41) is 3.26. The first-order valence-electron chi connectivity index (χ1n) is 13.6. The summed E-state index contributed by atoms with van der Waals surface area (Å²) in [5.74, 6) is 0.397. The minimum absolute atomic E-state index is 0.0389. The standard InChI is InChI=1S/C31H38ClN3O7S/c1-21(2)18-33-31(37)22(3)34(19-23-8-7-9-26(16-23)40-4)30(36)20-35(25-12-10-24(32)11-13-25)43(38,39)27-14-15-28(41-5)29(17-27)42-6/h7-17,21-22H,18-20H2,1-6H3,(H,33,37). The van der Waals surface area contributed by atoms with Gasteiger partial charge in [0.25, 0.3) is 10.0 Å². The summed E-state index contributed by atoms with van der Waals surface area (Å²) in [4.78, 5) is 28.5. The molecule has 2 amide bonds. The zero-order valence-corrected chi connectivity index (χ0v) is 26.7. The van der Waals surface area contributed by atoms with E-state index < -0.39 is 28.5 Å². The zero-order valence-electron chi connectivity index (χ0n) is 25.2. The van der Waals surface area contributed by atoms with Gasteiger partial charge in [0.2, 0.25) is 11.8 Å². The van der Waals surface area contributed by atoms with Crippen LogP contribution in [0.15, 0.2) is 71.6 Å². The molecule has 0 saturated heterocycles. The first-order valence-corrected chi connectivity index (χ1v) is 15.4. The van der Waals surface area contributed by atoms with Crippen LogP contribution in [-0.4, -0.2) is 65.6 Å². The second-order valence-corrected chi connectivity index (χ2v) is 12.5. The van der Waals surface area contributed by atoms with Crippen molar-refractivity contribution >= 4 is 39.1 Å². The molecule has 0 saturated carbocycles. The second kappa shape index (κ2) is 15.0. The average Bonchev–Trinajstić information content (AvgIpc) is 3.00. The van der Waals surface area contributed by atoms with E-state index in [9.17, 15) is 18.0 Å². The highest BCUT2D eigenvalue weighted by Gasteiger charge is 2.33. The highest BCUT2D eigenvalue weighted by Crippen LogP contribution is 2.32. The van der Waals surface area contributed by atoms with Crippen LogP contribution in [0.5, 0.6) is 17.2 Å². The third-order valence-corrected chi connectivity index (χ3v) is 8.70. The lowest BCUT2D eigenvalue weighted by Gasteiger charge is -2.32. The molecule has 43 heavy (non-hydrogen) atoms. The molecule has 3 aromatic carbocycles.